The molecule has 0 saturated carbocycles. The quantitative estimate of drug-likeness (QED) is 0.814. The molecule has 2 rings (SSSR count). The maximum atomic E-state index is 12.9. The van der Waals surface area contributed by atoms with Crippen molar-refractivity contribution in [1.82, 2.24) is 4.90 Å². The average molecular weight is 383 g/mol. The number of para-hydroxylation sites is 1. The number of hydrogen-bond donors (Lipinski definition) is 1. The zero-order chi connectivity index (χ0) is 18.4. The predicted molar refractivity (Wildman–Crippen MR) is 97.4 cm³/mol. The lowest BCUT2D eigenvalue weighted by Crippen LogP contribution is -2.38. The normalized spacial score (nSPS) is 10.4. The molecule has 0 bridgehead atoms. The first kappa shape index (κ1) is 19.2. The fourth-order valence-electron chi connectivity index (χ4n) is 2.23. The summed E-state index contributed by atoms with van der Waals surface area (Å²) in [5.74, 6) is -0.949. The lowest BCUT2D eigenvalue weighted by molar-refractivity contribution is -0.132. The van der Waals surface area contributed by atoms with E-state index in [9.17, 15) is 14.0 Å². The van der Waals surface area contributed by atoms with Gasteiger partial charge in [0.15, 0.2) is 0 Å². The van der Waals surface area contributed by atoms with E-state index in [-0.39, 0.29) is 18.3 Å². The highest BCUT2D eigenvalue weighted by Crippen LogP contribution is 2.29. The fourth-order valence-corrected chi connectivity index (χ4v) is 2.72. The maximum absolute atomic E-state index is 12.9. The van der Waals surface area contributed by atoms with E-state index < -0.39 is 5.91 Å². The Morgan fingerprint density at radius 2 is 1.68 bits per heavy atom. The summed E-state index contributed by atoms with van der Waals surface area (Å²) in [5, 5.41) is 3.26. The van der Waals surface area contributed by atoms with E-state index in [1.54, 1.807) is 30.3 Å². The fraction of sp³-hybridized carbons (Fsp3) is 0.222. The van der Waals surface area contributed by atoms with Gasteiger partial charge in [-0.3, -0.25) is 9.59 Å². The Morgan fingerprint density at radius 1 is 1.08 bits per heavy atom. The highest BCUT2D eigenvalue weighted by atomic mass is 35.5. The average Bonchev–Trinajstić information content (AvgIpc) is 2.56. The van der Waals surface area contributed by atoms with Crippen molar-refractivity contribution in [3.8, 4) is 0 Å². The summed E-state index contributed by atoms with van der Waals surface area (Å²) >= 11 is 12.0. The van der Waals surface area contributed by atoms with E-state index >= 15 is 0 Å². The molecule has 0 aliphatic rings. The van der Waals surface area contributed by atoms with Gasteiger partial charge in [-0.15, -0.1) is 0 Å². The number of nitrogens with zero attached hydrogens (tertiary/aromatic N) is 1. The molecule has 0 aliphatic carbocycles. The van der Waals surface area contributed by atoms with E-state index in [2.05, 4.69) is 5.32 Å². The second-order valence-electron chi connectivity index (χ2n) is 5.46. The van der Waals surface area contributed by atoms with E-state index in [0.29, 0.717) is 28.7 Å². The number of carbonyl (C=O) groups is 2. The third-order valence-electron chi connectivity index (χ3n) is 3.59. The number of carbonyl (C=O) groups excluding carboxylic acids is 2. The summed E-state index contributed by atoms with van der Waals surface area (Å²) < 4.78 is 12.9. The van der Waals surface area contributed by atoms with Crippen LogP contribution in [-0.2, 0) is 16.0 Å². The minimum absolute atomic E-state index is 0.127. The molecule has 7 heteroatoms. The number of nitrogens with one attached hydrogen (secondary N) is 1. The Labute approximate surface area is 155 Å². The topological polar surface area (TPSA) is 49.4 Å². The Hall–Kier alpha value is -2.11. The van der Waals surface area contributed by atoms with Gasteiger partial charge < -0.3 is 10.2 Å². The van der Waals surface area contributed by atoms with Crippen LogP contribution in [0.5, 0.6) is 0 Å². The molecule has 0 aliphatic heterocycles. The third kappa shape index (κ3) is 5.73. The Balaban J connectivity index is 1.97. The van der Waals surface area contributed by atoms with Crippen molar-refractivity contribution in [2.75, 3.05) is 18.4 Å². The Bertz CT molecular complexity index is 746. The van der Waals surface area contributed by atoms with Gasteiger partial charge >= 0.3 is 0 Å². The second-order valence-corrected chi connectivity index (χ2v) is 6.28. The summed E-state index contributed by atoms with van der Waals surface area (Å²) in [6.07, 6.45) is 0.514. The van der Waals surface area contributed by atoms with Crippen LogP contribution in [0.25, 0.3) is 0 Å². The molecule has 0 fully saturated rings. The summed E-state index contributed by atoms with van der Waals surface area (Å²) in [5.41, 5.74) is 1.19. The number of halogens is 3. The smallest absolute Gasteiger partial charge is 0.244 e. The van der Waals surface area contributed by atoms with Gasteiger partial charge in [0.1, 0.15) is 5.82 Å². The van der Waals surface area contributed by atoms with Crippen LogP contribution < -0.4 is 5.32 Å². The summed E-state index contributed by atoms with van der Waals surface area (Å²) in [6, 6.07) is 10.9. The minimum Gasteiger partial charge on any atom is -0.333 e. The first-order chi connectivity index (χ1) is 11.9. The van der Waals surface area contributed by atoms with Crippen molar-refractivity contribution in [3.63, 3.8) is 0 Å². The molecule has 0 spiro atoms. The highest BCUT2D eigenvalue weighted by molar-refractivity contribution is 6.39. The van der Waals surface area contributed by atoms with E-state index in [0.717, 1.165) is 5.56 Å². The van der Waals surface area contributed by atoms with Crippen LogP contribution in [0, 0.1) is 5.82 Å². The Kier molecular flexibility index (Phi) is 6.79. The van der Waals surface area contributed by atoms with Crippen molar-refractivity contribution in [2.24, 2.45) is 0 Å². The van der Waals surface area contributed by atoms with Gasteiger partial charge in [0.2, 0.25) is 11.8 Å². The van der Waals surface area contributed by atoms with E-state index in [1.807, 2.05) is 0 Å². The van der Waals surface area contributed by atoms with Gasteiger partial charge in [-0.05, 0) is 36.2 Å². The molecule has 132 valence electrons. The van der Waals surface area contributed by atoms with E-state index in [4.69, 9.17) is 23.2 Å². The lowest BCUT2D eigenvalue weighted by atomic mass is 10.1. The largest absolute Gasteiger partial charge is 0.333 e. The van der Waals surface area contributed by atoms with Gasteiger partial charge in [0, 0.05) is 13.5 Å². The zero-order valence-electron chi connectivity index (χ0n) is 13.6. The van der Waals surface area contributed by atoms with Crippen LogP contribution in [0.15, 0.2) is 42.5 Å². The minimum atomic E-state index is -0.399. The molecule has 0 unspecified atom stereocenters. The van der Waals surface area contributed by atoms with Gasteiger partial charge in [0.05, 0.1) is 22.3 Å². The molecule has 2 aromatic rings. The Morgan fingerprint density at radius 3 is 2.24 bits per heavy atom. The summed E-state index contributed by atoms with van der Waals surface area (Å²) in [6.45, 7) is 1.60. The molecular weight excluding hydrogens is 366 g/mol. The maximum Gasteiger partial charge on any atom is 0.244 e. The number of rotatable bonds is 6. The van der Waals surface area contributed by atoms with Gasteiger partial charge in [0.25, 0.3) is 0 Å². The van der Waals surface area contributed by atoms with Gasteiger partial charge in [-0.2, -0.15) is 0 Å². The third-order valence-corrected chi connectivity index (χ3v) is 4.22. The number of hydrogen-bond acceptors (Lipinski definition) is 2. The first-order valence-corrected chi connectivity index (χ1v) is 8.36. The van der Waals surface area contributed by atoms with Crippen LogP contribution in [0.2, 0.25) is 10.0 Å². The van der Waals surface area contributed by atoms with Crippen molar-refractivity contribution in [1.29, 1.82) is 0 Å². The molecule has 4 nitrogen and oxygen atoms in total. The molecule has 0 saturated heterocycles. The molecule has 2 amide bonds. The van der Waals surface area contributed by atoms with Crippen molar-refractivity contribution in [3.05, 3.63) is 63.9 Å². The second kappa shape index (κ2) is 8.83. The molecule has 0 atom stereocenters. The molecule has 1 N–H and O–H groups in total. The molecular formula is C18H17Cl2FN2O2. The predicted octanol–water partition coefficient (Wildman–Crippen LogP) is 4.16. The standard InChI is InChI=1S/C18H17Cl2FN2O2/c1-12(24)23(10-9-13-5-7-14(21)8-6-13)11-17(25)22-18-15(19)3-2-4-16(18)20/h2-8H,9-11H2,1H3,(H,22,25). The molecule has 0 heterocycles. The van der Waals surface area contributed by atoms with Crippen LogP contribution in [0.3, 0.4) is 0 Å². The zero-order valence-corrected chi connectivity index (χ0v) is 15.1. The molecule has 0 radical (unpaired) electrons. The molecule has 2 aromatic carbocycles. The molecule has 25 heavy (non-hydrogen) atoms. The van der Waals surface area contributed by atoms with Gasteiger partial charge in [-0.25, -0.2) is 4.39 Å². The van der Waals surface area contributed by atoms with Gasteiger partial charge in [-0.1, -0.05) is 41.4 Å². The van der Waals surface area contributed by atoms with Crippen molar-refractivity contribution in [2.45, 2.75) is 13.3 Å². The SMILES string of the molecule is CC(=O)N(CCc1ccc(F)cc1)CC(=O)Nc1c(Cl)cccc1Cl. The number of anilines is 1. The lowest BCUT2D eigenvalue weighted by Gasteiger charge is -2.21. The highest BCUT2D eigenvalue weighted by Gasteiger charge is 2.16. The van der Waals surface area contributed by atoms with Crippen LogP contribution in [0.1, 0.15) is 12.5 Å². The molecule has 0 aromatic heterocycles. The van der Waals surface area contributed by atoms with Crippen LogP contribution >= 0.6 is 23.2 Å². The van der Waals surface area contributed by atoms with Crippen molar-refractivity contribution >= 4 is 40.7 Å². The number of benzene rings is 2. The van der Waals surface area contributed by atoms with E-state index in [1.165, 1.54) is 24.0 Å². The van der Waals surface area contributed by atoms with Crippen molar-refractivity contribution < 1.29 is 14.0 Å². The summed E-state index contributed by atoms with van der Waals surface area (Å²) in [4.78, 5) is 25.4. The summed E-state index contributed by atoms with van der Waals surface area (Å²) in [7, 11) is 0. The van der Waals surface area contributed by atoms with Crippen LogP contribution in [0.4, 0.5) is 10.1 Å². The monoisotopic (exact) mass is 382 g/mol. The number of amides is 2. The van der Waals surface area contributed by atoms with Crippen LogP contribution in [-0.4, -0.2) is 29.8 Å². The first-order valence-electron chi connectivity index (χ1n) is 7.60.